The molecule has 0 bridgehead atoms. The van der Waals surface area contributed by atoms with Gasteiger partial charge in [0, 0.05) is 48.3 Å². The van der Waals surface area contributed by atoms with E-state index in [0.29, 0.717) is 22.3 Å². The Bertz CT molecular complexity index is 1890. The van der Waals surface area contributed by atoms with Crippen LogP contribution in [0.4, 0.5) is 0 Å². The SMILES string of the molecule is CC(=O)C(CC(=O)C1C(C(=O)CC(Cc2ccc(O)c(O)c2)C(C)=O)C(c2ccc(O)c(O)c2)C1c1ccc(O)c(O)c1)Cc1ccc(O)c(O)c1. The van der Waals surface area contributed by atoms with Crippen molar-refractivity contribution in [1.29, 1.82) is 0 Å². The summed E-state index contributed by atoms with van der Waals surface area (Å²) >= 11 is 0. The van der Waals surface area contributed by atoms with E-state index in [-0.39, 0.29) is 48.7 Å². The molecule has 12 nitrogen and oxygen atoms in total. The first kappa shape index (κ1) is 37.2. The fraction of sp³-hybridized carbons (Fsp3) is 0.300. The van der Waals surface area contributed by atoms with Crippen molar-refractivity contribution in [3.8, 4) is 46.0 Å². The fourth-order valence-corrected chi connectivity index (χ4v) is 7.31. The third kappa shape index (κ3) is 7.80. The van der Waals surface area contributed by atoms with Gasteiger partial charge in [0.05, 0.1) is 0 Å². The van der Waals surface area contributed by atoms with Crippen molar-refractivity contribution in [2.45, 2.75) is 51.4 Å². The van der Waals surface area contributed by atoms with Crippen LogP contribution in [0, 0.1) is 23.7 Å². The zero-order chi connectivity index (χ0) is 38.0. The number of phenols is 8. The van der Waals surface area contributed by atoms with Crippen LogP contribution >= 0.6 is 0 Å². The molecule has 1 aliphatic rings. The molecule has 0 aliphatic heterocycles. The Balaban J connectivity index is 1.56. The van der Waals surface area contributed by atoms with E-state index in [4.69, 9.17) is 0 Å². The normalized spacial score (nSPS) is 19.3. The number of rotatable bonds is 14. The number of benzene rings is 4. The van der Waals surface area contributed by atoms with Crippen LogP contribution in [-0.4, -0.2) is 64.0 Å². The van der Waals surface area contributed by atoms with Crippen LogP contribution < -0.4 is 0 Å². The molecule has 1 saturated carbocycles. The summed E-state index contributed by atoms with van der Waals surface area (Å²) in [5.41, 5.74) is 1.71. The monoisotopic (exact) mass is 712 g/mol. The van der Waals surface area contributed by atoms with Gasteiger partial charge in [-0.25, -0.2) is 0 Å². The van der Waals surface area contributed by atoms with Gasteiger partial charge in [-0.3, -0.25) is 19.2 Å². The Morgan fingerprint density at radius 3 is 1.06 bits per heavy atom. The predicted molar refractivity (Wildman–Crippen MR) is 187 cm³/mol. The maximum absolute atomic E-state index is 14.5. The van der Waals surface area contributed by atoms with Crippen LogP contribution in [0.2, 0.25) is 0 Å². The maximum Gasteiger partial charge on any atom is 0.157 e. The largest absolute Gasteiger partial charge is 0.504 e. The highest BCUT2D eigenvalue weighted by Gasteiger charge is 2.58. The summed E-state index contributed by atoms with van der Waals surface area (Å²) in [6.07, 6.45) is -0.566. The molecular formula is C40H40O12. The van der Waals surface area contributed by atoms with E-state index < -0.39 is 81.6 Å². The van der Waals surface area contributed by atoms with Gasteiger partial charge in [0.1, 0.15) is 23.1 Å². The number of carbonyl (C=O) groups excluding carboxylic acids is 4. The highest BCUT2D eigenvalue weighted by atomic mass is 16.3. The molecular weight excluding hydrogens is 672 g/mol. The standard InChI is InChI=1S/C40H40O12/c1-19(41)25(11-21-3-7-27(43)31(47)13-21)17-35(51)39-37(23-5-9-29(45)33(49)15-23)38(24-6-10-30(46)34(50)16-24)40(39)36(52)18-26(20(2)42)12-22-4-8-28(44)32(48)14-22/h3-10,13-16,25-26,37-40,43-50H,11-12,17-18H2,1-2H3. The van der Waals surface area contributed by atoms with Crippen LogP contribution in [-0.2, 0) is 32.0 Å². The maximum atomic E-state index is 14.5. The van der Waals surface area contributed by atoms with E-state index in [2.05, 4.69) is 0 Å². The molecule has 6 unspecified atom stereocenters. The summed E-state index contributed by atoms with van der Waals surface area (Å²) in [5, 5.41) is 80.6. The molecule has 4 aromatic rings. The van der Waals surface area contributed by atoms with Crippen molar-refractivity contribution < 1.29 is 60.0 Å². The first-order valence-electron chi connectivity index (χ1n) is 16.7. The number of hydrogen-bond donors (Lipinski definition) is 8. The average molecular weight is 713 g/mol. The second-order valence-corrected chi connectivity index (χ2v) is 13.6. The molecule has 1 aliphatic carbocycles. The number of hydrogen-bond acceptors (Lipinski definition) is 12. The first-order chi connectivity index (χ1) is 24.5. The Kier molecular flexibility index (Phi) is 10.8. The van der Waals surface area contributed by atoms with E-state index in [1.165, 1.54) is 86.6 Å². The van der Waals surface area contributed by atoms with E-state index in [1.54, 1.807) is 0 Å². The molecule has 0 amide bonds. The molecule has 0 radical (unpaired) electrons. The Labute approximate surface area is 298 Å². The van der Waals surface area contributed by atoms with Gasteiger partial charge in [-0.05, 0) is 97.5 Å². The van der Waals surface area contributed by atoms with Crippen molar-refractivity contribution in [2.24, 2.45) is 23.7 Å². The lowest BCUT2D eigenvalue weighted by Crippen LogP contribution is -2.52. The summed E-state index contributed by atoms with van der Waals surface area (Å²) in [6.45, 7) is 2.63. The van der Waals surface area contributed by atoms with Crippen molar-refractivity contribution in [3.63, 3.8) is 0 Å². The predicted octanol–water partition coefficient (Wildman–Crippen LogP) is 5.26. The summed E-state index contributed by atoms with van der Waals surface area (Å²) in [7, 11) is 0. The zero-order valence-electron chi connectivity index (χ0n) is 28.4. The van der Waals surface area contributed by atoms with E-state index in [1.807, 2.05) is 0 Å². The molecule has 0 heterocycles. The minimum absolute atomic E-state index is 0.0338. The Morgan fingerprint density at radius 2 is 0.769 bits per heavy atom. The van der Waals surface area contributed by atoms with Crippen molar-refractivity contribution in [2.75, 3.05) is 0 Å². The molecule has 0 aromatic heterocycles. The number of aromatic hydroxyl groups is 8. The first-order valence-corrected chi connectivity index (χ1v) is 16.7. The third-order valence-corrected chi connectivity index (χ3v) is 10.1. The third-order valence-electron chi connectivity index (χ3n) is 10.1. The number of ketones is 4. The number of carbonyl (C=O) groups is 4. The molecule has 6 atom stereocenters. The van der Waals surface area contributed by atoms with Gasteiger partial charge < -0.3 is 40.9 Å². The lowest BCUT2D eigenvalue weighted by molar-refractivity contribution is -0.144. The molecule has 5 rings (SSSR count). The highest BCUT2D eigenvalue weighted by molar-refractivity contribution is 5.97. The molecule has 4 aromatic carbocycles. The molecule has 52 heavy (non-hydrogen) atoms. The van der Waals surface area contributed by atoms with Crippen molar-refractivity contribution in [1.82, 2.24) is 0 Å². The highest BCUT2D eigenvalue weighted by Crippen LogP contribution is 2.60. The number of Topliss-reactive ketones (excluding diaryl/α,β-unsaturated/α-hetero) is 4. The molecule has 272 valence electrons. The second-order valence-electron chi connectivity index (χ2n) is 13.6. The summed E-state index contributed by atoms with van der Waals surface area (Å²) in [6, 6.07) is 16.1. The van der Waals surface area contributed by atoms with Crippen LogP contribution in [0.3, 0.4) is 0 Å². The second kappa shape index (κ2) is 15.1. The minimum Gasteiger partial charge on any atom is -0.504 e. The number of phenolic OH excluding ortho intramolecular Hbond substituents is 8. The molecule has 1 fully saturated rings. The Morgan fingerprint density at radius 1 is 0.462 bits per heavy atom. The van der Waals surface area contributed by atoms with Crippen molar-refractivity contribution in [3.05, 3.63) is 95.1 Å². The van der Waals surface area contributed by atoms with Crippen LogP contribution in [0.5, 0.6) is 46.0 Å². The van der Waals surface area contributed by atoms with Crippen LogP contribution in [0.25, 0.3) is 0 Å². The van der Waals surface area contributed by atoms with Gasteiger partial charge in [-0.2, -0.15) is 0 Å². The van der Waals surface area contributed by atoms with E-state index in [0.717, 1.165) is 0 Å². The lowest BCUT2D eigenvalue weighted by Gasteiger charge is -2.52. The topological polar surface area (TPSA) is 230 Å². The van der Waals surface area contributed by atoms with Crippen molar-refractivity contribution >= 4 is 23.1 Å². The van der Waals surface area contributed by atoms with E-state index >= 15 is 0 Å². The lowest BCUT2D eigenvalue weighted by atomic mass is 9.49. The van der Waals surface area contributed by atoms with Gasteiger partial charge in [-0.1, -0.05) is 24.3 Å². The van der Waals surface area contributed by atoms with Gasteiger partial charge in [0.25, 0.3) is 0 Å². The van der Waals surface area contributed by atoms with Crippen LogP contribution in [0.15, 0.2) is 72.8 Å². The fourth-order valence-electron chi connectivity index (χ4n) is 7.31. The summed E-state index contributed by atoms with van der Waals surface area (Å²) in [4.78, 5) is 54.7. The van der Waals surface area contributed by atoms with Crippen LogP contribution in [0.1, 0.15) is 60.8 Å². The molecule has 0 saturated heterocycles. The molecule has 12 heteroatoms. The van der Waals surface area contributed by atoms with Gasteiger partial charge in [0.2, 0.25) is 0 Å². The average Bonchev–Trinajstić information content (AvgIpc) is 3.06. The van der Waals surface area contributed by atoms with Gasteiger partial charge in [-0.15, -0.1) is 0 Å². The zero-order valence-corrected chi connectivity index (χ0v) is 28.4. The molecule has 0 spiro atoms. The van der Waals surface area contributed by atoms with E-state index in [9.17, 15) is 60.0 Å². The molecule has 8 N–H and O–H groups in total. The summed E-state index contributed by atoms with van der Waals surface area (Å²) in [5.74, 6) is -10.5. The minimum atomic E-state index is -1.10. The van der Waals surface area contributed by atoms with Gasteiger partial charge in [0.15, 0.2) is 46.0 Å². The smallest absolute Gasteiger partial charge is 0.157 e. The quantitative estimate of drug-likeness (QED) is 0.0783. The summed E-state index contributed by atoms with van der Waals surface area (Å²) < 4.78 is 0. The Hall–Kier alpha value is -6.04. The van der Waals surface area contributed by atoms with Gasteiger partial charge >= 0.3 is 0 Å².